The van der Waals surface area contributed by atoms with E-state index in [9.17, 15) is 4.79 Å². The summed E-state index contributed by atoms with van der Waals surface area (Å²) in [6, 6.07) is 0. The molecule has 0 aromatic heterocycles. The first-order chi connectivity index (χ1) is 5.72. The maximum Gasteiger partial charge on any atom is 0.337 e. The van der Waals surface area contributed by atoms with Crippen molar-refractivity contribution in [2.45, 2.75) is 26.7 Å². The van der Waals surface area contributed by atoms with E-state index in [1.54, 1.807) is 12.2 Å². The van der Waals surface area contributed by atoms with Crippen LogP contribution in [-0.2, 0) is 9.53 Å². The van der Waals surface area contributed by atoms with Crippen molar-refractivity contribution < 1.29 is 9.53 Å². The Balaban J connectivity index is 3.65. The maximum atomic E-state index is 11.0. The monoisotopic (exact) mass is 168 g/mol. The maximum absolute atomic E-state index is 11.0. The van der Waals surface area contributed by atoms with E-state index in [2.05, 4.69) is 13.5 Å². The molecule has 0 rings (SSSR count). The van der Waals surface area contributed by atoms with Crippen LogP contribution < -0.4 is 0 Å². The predicted octanol–water partition coefficient (Wildman–Crippen LogP) is 2.46. The van der Waals surface area contributed by atoms with Crippen LogP contribution in [0.15, 0.2) is 24.3 Å². The van der Waals surface area contributed by atoms with Gasteiger partial charge in [0.05, 0.1) is 12.2 Å². The lowest BCUT2D eigenvalue weighted by atomic mass is 10.3. The zero-order valence-corrected chi connectivity index (χ0v) is 7.80. The van der Waals surface area contributed by atoms with E-state index < -0.39 is 0 Å². The Morgan fingerprint density at radius 1 is 1.58 bits per heavy atom. The van der Waals surface area contributed by atoms with E-state index in [1.807, 2.05) is 6.92 Å². The molecular formula is C10H16O2. The van der Waals surface area contributed by atoms with Crippen molar-refractivity contribution in [1.82, 2.24) is 0 Å². The first-order valence-electron chi connectivity index (χ1n) is 4.21. The Labute approximate surface area is 73.9 Å². The SMILES string of the molecule is C=C(C=CC)C(=O)OCCCC. The average Bonchev–Trinajstić information content (AvgIpc) is 2.05. The van der Waals surface area contributed by atoms with Crippen molar-refractivity contribution in [2.75, 3.05) is 6.61 Å². The highest BCUT2D eigenvalue weighted by molar-refractivity contribution is 5.90. The summed E-state index contributed by atoms with van der Waals surface area (Å²) in [5.74, 6) is -0.318. The second-order valence-corrected chi connectivity index (χ2v) is 2.51. The van der Waals surface area contributed by atoms with Gasteiger partial charge in [0.1, 0.15) is 0 Å². The van der Waals surface area contributed by atoms with Crippen molar-refractivity contribution in [3.63, 3.8) is 0 Å². The summed E-state index contributed by atoms with van der Waals surface area (Å²) in [7, 11) is 0. The number of carbonyl (C=O) groups excluding carboxylic acids is 1. The number of hydrogen-bond donors (Lipinski definition) is 0. The standard InChI is InChI=1S/C10H16O2/c1-4-6-8-12-10(11)9(3)7-5-2/h5,7H,3-4,6,8H2,1-2H3. The number of carbonyl (C=O) groups is 1. The third kappa shape index (κ3) is 4.72. The number of unbranched alkanes of at least 4 members (excludes halogenated alkanes) is 1. The highest BCUT2D eigenvalue weighted by Crippen LogP contribution is 1.98. The van der Waals surface area contributed by atoms with Gasteiger partial charge in [-0.05, 0) is 13.3 Å². The second kappa shape index (κ2) is 6.65. The highest BCUT2D eigenvalue weighted by Gasteiger charge is 2.02. The summed E-state index contributed by atoms with van der Waals surface area (Å²) in [4.78, 5) is 11.0. The van der Waals surface area contributed by atoms with Gasteiger partial charge in [-0.25, -0.2) is 4.79 Å². The molecule has 0 spiro atoms. The van der Waals surface area contributed by atoms with Crippen LogP contribution in [0.3, 0.4) is 0 Å². The van der Waals surface area contributed by atoms with Gasteiger partial charge in [0, 0.05) is 0 Å². The Morgan fingerprint density at radius 3 is 2.75 bits per heavy atom. The van der Waals surface area contributed by atoms with Crippen LogP contribution in [0.4, 0.5) is 0 Å². The van der Waals surface area contributed by atoms with Crippen molar-refractivity contribution in [1.29, 1.82) is 0 Å². The van der Waals surface area contributed by atoms with Gasteiger partial charge in [-0.3, -0.25) is 0 Å². The van der Waals surface area contributed by atoms with Gasteiger partial charge in [-0.1, -0.05) is 32.1 Å². The number of allylic oxidation sites excluding steroid dienone is 1. The third-order valence-electron chi connectivity index (χ3n) is 1.36. The molecule has 0 saturated heterocycles. The molecule has 0 amide bonds. The Hall–Kier alpha value is -1.05. The number of ether oxygens (including phenoxy) is 1. The lowest BCUT2D eigenvalue weighted by Gasteiger charge is -2.02. The first kappa shape index (κ1) is 11.0. The van der Waals surface area contributed by atoms with E-state index in [-0.39, 0.29) is 5.97 Å². The van der Waals surface area contributed by atoms with Crippen molar-refractivity contribution in [3.05, 3.63) is 24.3 Å². The topological polar surface area (TPSA) is 26.3 Å². The van der Waals surface area contributed by atoms with E-state index >= 15 is 0 Å². The molecule has 0 fully saturated rings. The molecule has 0 aromatic carbocycles. The molecule has 2 nitrogen and oxygen atoms in total. The van der Waals surface area contributed by atoms with Crippen LogP contribution >= 0.6 is 0 Å². The van der Waals surface area contributed by atoms with Crippen LogP contribution in [0.5, 0.6) is 0 Å². The molecule has 0 N–H and O–H groups in total. The normalized spacial score (nSPS) is 10.2. The van der Waals surface area contributed by atoms with Crippen LogP contribution in [0.25, 0.3) is 0 Å². The second-order valence-electron chi connectivity index (χ2n) is 2.51. The third-order valence-corrected chi connectivity index (χ3v) is 1.36. The molecule has 68 valence electrons. The quantitative estimate of drug-likeness (QED) is 0.273. The van der Waals surface area contributed by atoms with E-state index in [0.717, 1.165) is 12.8 Å². The van der Waals surface area contributed by atoms with Gasteiger partial charge in [0.15, 0.2) is 0 Å². The average molecular weight is 168 g/mol. The Morgan fingerprint density at radius 2 is 2.25 bits per heavy atom. The van der Waals surface area contributed by atoms with Gasteiger partial charge in [0.2, 0.25) is 0 Å². The Kier molecular flexibility index (Phi) is 6.07. The molecule has 0 aliphatic heterocycles. The molecule has 0 radical (unpaired) electrons. The highest BCUT2D eigenvalue weighted by atomic mass is 16.5. The van der Waals surface area contributed by atoms with Crippen LogP contribution in [-0.4, -0.2) is 12.6 Å². The lowest BCUT2D eigenvalue weighted by Crippen LogP contribution is -2.06. The lowest BCUT2D eigenvalue weighted by molar-refractivity contribution is -0.138. The largest absolute Gasteiger partial charge is 0.462 e. The fourth-order valence-electron chi connectivity index (χ4n) is 0.671. The molecule has 0 atom stereocenters. The van der Waals surface area contributed by atoms with E-state index in [4.69, 9.17) is 4.74 Å². The van der Waals surface area contributed by atoms with Gasteiger partial charge in [-0.2, -0.15) is 0 Å². The summed E-state index contributed by atoms with van der Waals surface area (Å²) in [5, 5.41) is 0. The van der Waals surface area contributed by atoms with Gasteiger partial charge >= 0.3 is 5.97 Å². The van der Waals surface area contributed by atoms with Gasteiger partial charge in [0.25, 0.3) is 0 Å². The molecule has 12 heavy (non-hydrogen) atoms. The van der Waals surface area contributed by atoms with E-state index in [1.165, 1.54) is 0 Å². The molecule has 0 aliphatic carbocycles. The molecular weight excluding hydrogens is 152 g/mol. The van der Waals surface area contributed by atoms with Crippen LogP contribution in [0, 0.1) is 0 Å². The molecule has 0 bridgehead atoms. The van der Waals surface area contributed by atoms with Crippen molar-refractivity contribution in [3.8, 4) is 0 Å². The fourth-order valence-corrected chi connectivity index (χ4v) is 0.671. The minimum absolute atomic E-state index is 0.318. The zero-order valence-electron chi connectivity index (χ0n) is 7.80. The summed E-state index contributed by atoms with van der Waals surface area (Å²) >= 11 is 0. The summed E-state index contributed by atoms with van der Waals surface area (Å²) in [5.41, 5.74) is 0.411. The van der Waals surface area contributed by atoms with Gasteiger partial charge < -0.3 is 4.74 Å². The van der Waals surface area contributed by atoms with Gasteiger partial charge in [-0.15, -0.1) is 0 Å². The summed E-state index contributed by atoms with van der Waals surface area (Å²) in [6.45, 7) is 7.94. The Bertz CT molecular complexity index is 180. The fraction of sp³-hybridized carbons (Fsp3) is 0.500. The summed E-state index contributed by atoms with van der Waals surface area (Å²) < 4.78 is 4.91. The number of hydrogen-bond acceptors (Lipinski definition) is 2. The predicted molar refractivity (Wildman–Crippen MR) is 49.8 cm³/mol. The molecule has 0 unspecified atom stereocenters. The minimum Gasteiger partial charge on any atom is -0.462 e. The number of rotatable bonds is 5. The van der Waals surface area contributed by atoms with Crippen LogP contribution in [0.2, 0.25) is 0 Å². The molecule has 0 saturated carbocycles. The summed E-state index contributed by atoms with van der Waals surface area (Å²) in [6.07, 6.45) is 5.36. The smallest absolute Gasteiger partial charge is 0.337 e. The van der Waals surface area contributed by atoms with Crippen LogP contribution in [0.1, 0.15) is 26.7 Å². The molecule has 0 aromatic rings. The number of esters is 1. The van der Waals surface area contributed by atoms with Crippen molar-refractivity contribution in [2.24, 2.45) is 0 Å². The molecule has 0 heterocycles. The minimum atomic E-state index is -0.318. The molecule has 0 aliphatic rings. The van der Waals surface area contributed by atoms with E-state index in [0.29, 0.717) is 12.2 Å². The van der Waals surface area contributed by atoms with Crippen molar-refractivity contribution >= 4 is 5.97 Å². The first-order valence-corrected chi connectivity index (χ1v) is 4.21. The molecule has 2 heteroatoms. The zero-order chi connectivity index (χ0) is 9.40.